The van der Waals surface area contributed by atoms with Crippen LogP contribution in [0.15, 0.2) is 43.0 Å². The van der Waals surface area contributed by atoms with E-state index >= 15 is 0 Å². The van der Waals surface area contributed by atoms with E-state index in [1.54, 1.807) is 31.0 Å². The normalized spacial score (nSPS) is 15.0. The molecular formula is C30H37N5O2S. The molecule has 0 saturated carbocycles. The highest BCUT2D eigenvalue weighted by molar-refractivity contribution is 7.15. The molecule has 0 aliphatic carbocycles. The van der Waals surface area contributed by atoms with Crippen LogP contribution >= 0.6 is 11.3 Å². The van der Waals surface area contributed by atoms with Gasteiger partial charge in [0, 0.05) is 41.5 Å². The molecule has 1 saturated heterocycles. The van der Waals surface area contributed by atoms with Crippen molar-refractivity contribution in [1.29, 1.82) is 0 Å². The highest BCUT2D eigenvalue weighted by Gasteiger charge is 2.27. The summed E-state index contributed by atoms with van der Waals surface area (Å²) in [6, 6.07) is 8.27. The van der Waals surface area contributed by atoms with E-state index in [0.717, 1.165) is 53.4 Å². The maximum Gasteiger partial charge on any atom is 0.242 e. The maximum absolute atomic E-state index is 13.0. The molecule has 0 bridgehead atoms. The van der Waals surface area contributed by atoms with Crippen LogP contribution in [-0.2, 0) is 16.8 Å². The topological polar surface area (TPSA) is 73.1 Å². The molecule has 1 fully saturated rings. The zero-order valence-corrected chi connectivity index (χ0v) is 24.0. The second-order valence-corrected chi connectivity index (χ2v) is 12.6. The Morgan fingerprint density at radius 1 is 1.16 bits per heavy atom. The van der Waals surface area contributed by atoms with Gasteiger partial charge in [0.15, 0.2) is 5.65 Å². The van der Waals surface area contributed by atoms with Crippen LogP contribution in [0.1, 0.15) is 75.3 Å². The largest absolute Gasteiger partial charge is 0.496 e. The first-order valence-corrected chi connectivity index (χ1v) is 14.2. The zero-order chi connectivity index (χ0) is 27.0. The lowest BCUT2D eigenvalue weighted by Gasteiger charge is -2.31. The molecule has 1 aliphatic heterocycles. The molecule has 4 heterocycles. The number of amides is 1. The molecule has 3 aromatic heterocycles. The molecule has 0 radical (unpaired) electrons. The van der Waals surface area contributed by atoms with Gasteiger partial charge in [0.2, 0.25) is 5.91 Å². The van der Waals surface area contributed by atoms with Crippen LogP contribution in [0.4, 0.5) is 0 Å². The number of fused-ring (bicyclic) bond motifs is 1. The van der Waals surface area contributed by atoms with Crippen molar-refractivity contribution in [1.82, 2.24) is 24.4 Å². The van der Waals surface area contributed by atoms with Crippen molar-refractivity contribution in [2.75, 3.05) is 20.2 Å². The molecule has 8 heteroatoms. The summed E-state index contributed by atoms with van der Waals surface area (Å²) in [6.07, 6.45) is 7.38. The van der Waals surface area contributed by atoms with Crippen LogP contribution in [0.3, 0.4) is 0 Å². The predicted molar refractivity (Wildman–Crippen MR) is 153 cm³/mol. The molecule has 0 N–H and O–H groups in total. The third-order valence-electron chi connectivity index (χ3n) is 7.45. The highest BCUT2D eigenvalue weighted by atomic mass is 32.1. The Labute approximate surface area is 228 Å². The summed E-state index contributed by atoms with van der Waals surface area (Å²) < 4.78 is 7.72. The van der Waals surface area contributed by atoms with Crippen LogP contribution in [0.2, 0.25) is 0 Å². The van der Waals surface area contributed by atoms with E-state index in [1.807, 2.05) is 27.8 Å². The van der Waals surface area contributed by atoms with Crippen molar-refractivity contribution >= 4 is 28.4 Å². The third-order valence-corrected chi connectivity index (χ3v) is 8.66. The van der Waals surface area contributed by atoms with Gasteiger partial charge in [-0.05, 0) is 59.9 Å². The number of imidazole rings is 1. The predicted octanol–water partition coefficient (Wildman–Crippen LogP) is 6.39. The summed E-state index contributed by atoms with van der Waals surface area (Å²) in [5, 5.41) is 1.05. The zero-order valence-electron chi connectivity index (χ0n) is 23.2. The number of ether oxygens (including phenoxy) is 1. The van der Waals surface area contributed by atoms with Gasteiger partial charge in [-0.25, -0.2) is 15.0 Å². The number of carbonyl (C=O) groups excluding carboxylic acids is 1. The van der Waals surface area contributed by atoms with Crippen LogP contribution < -0.4 is 4.74 Å². The fraction of sp³-hybridized carbons (Fsp3) is 0.467. The van der Waals surface area contributed by atoms with E-state index in [-0.39, 0.29) is 17.9 Å². The first-order valence-electron chi connectivity index (χ1n) is 13.4. The van der Waals surface area contributed by atoms with Crippen LogP contribution in [0, 0.1) is 0 Å². The molecule has 200 valence electrons. The molecule has 1 amide bonds. The van der Waals surface area contributed by atoms with Crippen LogP contribution in [0.5, 0.6) is 5.75 Å². The summed E-state index contributed by atoms with van der Waals surface area (Å²) in [5.74, 6) is 1.88. The fourth-order valence-corrected chi connectivity index (χ4v) is 6.34. The quantitative estimate of drug-likeness (QED) is 0.288. The van der Waals surface area contributed by atoms with Gasteiger partial charge in [0.05, 0.1) is 13.4 Å². The monoisotopic (exact) mass is 531 g/mol. The number of aromatic nitrogens is 4. The Balaban J connectivity index is 1.29. The van der Waals surface area contributed by atoms with Gasteiger partial charge in [-0.15, -0.1) is 11.3 Å². The molecule has 4 aromatic rings. The van der Waals surface area contributed by atoms with Crippen LogP contribution in [0.25, 0.3) is 21.7 Å². The minimum atomic E-state index is -0.0382. The molecule has 38 heavy (non-hydrogen) atoms. The van der Waals surface area contributed by atoms with Crippen molar-refractivity contribution in [3.05, 3.63) is 59.0 Å². The Bertz CT molecular complexity index is 1440. The van der Waals surface area contributed by atoms with Gasteiger partial charge < -0.3 is 14.2 Å². The van der Waals surface area contributed by atoms with E-state index < -0.39 is 0 Å². The minimum absolute atomic E-state index is 0.0382. The van der Waals surface area contributed by atoms with E-state index in [2.05, 4.69) is 56.7 Å². The summed E-state index contributed by atoms with van der Waals surface area (Å²) in [7, 11) is 1.77. The molecule has 0 unspecified atom stereocenters. The number of rotatable bonds is 6. The van der Waals surface area contributed by atoms with E-state index in [1.165, 1.54) is 16.0 Å². The van der Waals surface area contributed by atoms with Crippen molar-refractivity contribution in [3.63, 3.8) is 0 Å². The summed E-state index contributed by atoms with van der Waals surface area (Å²) >= 11 is 1.78. The molecule has 1 aromatic carbocycles. The molecular weight excluding hydrogens is 494 g/mol. The number of thiazole rings is 1. The number of benzene rings is 1. The molecule has 5 rings (SSSR count). The highest BCUT2D eigenvalue weighted by Crippen LogP contribution is 2.42. The number of nitrogens with zero attached hydrogens (tertiary/aromatic N) is 5. The third kappa shape index (κ3) is 5.19. The first kappa shape index (κ1) is 26.4. The van der Waals surface area contributed by atoms with Crippen molar-refractivity contribution in [2.24, 2.45) is 0 Å². The molecule has 0 atom stereocenters. The Kier molecular flexibility index (Phi) is 7.27. The van der Waals surface area contributed by atoms with Gasteiger partial charge in [0.1, 0.15) is 22.8 Å². The molecule has 7 nitrogen and oxygen atoms in total. The standard InChI is InChI=1S/C30H37N5O2S/c1-19(2)22-14-21(15-23(27(22)37-6)30(3,4)5)29-32-16-25(38-29)20-9-12-34(13-10-20)26(36)17-35-18-33-24-8-7-11-31-28(24)35/h7-8,11,14-16,18-20H,9-10,12-13,17H2,1-6H3. The summed E-state index contributed by atoms with van der Waals surface area (Å²) in [6.45, 7) is 12.9. The first-order chi connectivity index (χ1) is 18.2. The Morgan fingerprint density at radius 3 is 2.61 bits per heavy atom. The number of hydrogen-bond acceptors (Lipinski definition) is 6. The smallest absolute Gasteiger partial charge is 0.242 e. The number of hydrogen-bond donors (Lipinski definition) is 0. The van der Waals surface area contributed by atoms with Gasteiger partial charge in [-0.1, -0.05) is 34.6 Å². The second-order valence-electron chi connectivity index (χ2n) is 11.5. The minimum Gasteiger partial charge on any atom is -0.496 e. The van der Waals surface area contributed by atoms with E-state index in [0.29, 0.717) is 11.8 Å². The van der Waals surface area contributed by atoms with Crippen molar-refractivity contribution in [2.45, 2.75) is 71.3 Å². The number of carbonyl (C=O) groups is 1. The van der Waals surface area contributed by atoms with Crippen molar-refractivity contribution < 1.29 is 9.53 Å². The average Bonchev–Trinajstić information content (AvgIpc) is 3.55. The Morgan fingerprint density at radius 2 is 1.92 bits per heavy atom. The number of piperidine rings is 1. The fourth-order valence-electron chi connectivity index (χ4n) is 5.27. The van der Waals surface area contributed by atoms with Gasteiger partial charge in [-0.2, -0.15) is 0 Å². The summed E-state index contributed by atoms with van der Waals surface area (Å²) in [4.78, 5) is 29.9. The van der Waals surface area contributed by atoms with Gasteiger partial charge in [-0.3, -0.25) is 4.79 Å². The number of methoxy groups -OCH3 is 1. The lowest BCUT2D eigenvalue weighted by molar-refractivity contribution is -0.132. The van der Waals surface area contributed by atoms with E-state index in [9.17, 15) is 4.79 Å². The van der Waals surface area contributed by atoms with Crippen molar-refractivity contribution in [3.8, 4) is 16.3 Å². The average molecular weight is 532 g/mol. The number of likely N-dealkylation sites (tertiary alicyclic amines) is 1. The lowest BCUT2D eigenvalue weighted by Crippen LogP contribution is -2.39. The lowest BCUT2D eigenvalue weighted by atomic mass is 9.82. The van der Waals surface area contributed by atoms with E-state index in [4.69, 9.17) is 9.72 Å². The van der Waals surface area contributed by atoms with Gasteiger partial charge in [0.25, 0.3) is 0 Å². The van der Waals surface area contributed by atoms with Crippen LogP contribution in [-0.4, -0.2) is 50.5 Å². The molecule has 1 aliphatic rings. The summed E-state index contributed by atoms with van der Waals surface area (Å²) in [5.41, 5.74) is 5.12. The maximum atomic E-state index is 13.0. The number of pyridine rings is 1. The second kappa shape index (κ2) is 10.5. The molecule has 0 spiro atoms. The Hall–Kier alpha value is -3.26. The van der Waals surface area contributed by atoms with Gasteiger partial charge >= 0.3 is 0 Å². The SMILES string of the molecule is COc1c(C(C)C)cc(-c2ncc(C3CCN(C(=O)Cn4cnc5cccnc54)CC3)s2)cc1C(C)(C)C.